The molecule has 7 heteroatoms. The van der Waals surface area contributed by atoms with Crippen LogP contribution in [-0.2, 0) is 4.79 Å². The van der Waals surface area contributed by atoms with Crippen molar-refractivity contribution in [1.82, 2.24) is 15.7 Å². The maximum Gasteiger partial charge on any atom is 0.287 e. The Labute approximate surface area is 174 Å². The lowest BCUT2D eigenvalue weighted by Gasteiger charge is -2.09. The molecule has 0 aliphatic carbocycles. The number of rotatable bonds is 7. The van der Waals surface area contributed by atoms with Gasteiger partial charge >= 0.3 is 0 Å². The first-order chi connectivity index (χ1) is 14.7. The molecule has 150 valence electrons. The van der Waals surface area contributed by atoms with Crippen LogP contribution in [0.5, 0.6) is 5.75 Å². The number of carbonyl (C=O) groups is 2. The van der Waals surface area contributed by atoms with Crippen molar-refractivity contribution in [2.75, 3.05) is 7.11 Å². The summed E-state index contributed by atoms with van der Waals surface area (Å²) in [7, 11) is 1.57. The average Bonchev–Trinajstić information content (AvgIpc) is 2.80. The molecule has 1 heterocycles. The van der Waals surface area contributed by atoms with Crippen LogP contribution in [0.25, 0.3) is 6.08 Å². The van der Waals surface area contributed by atoms with Crippen molar-refractivity contribution in [3.63, 3.8) is 0 Å². The zero-order valence-corrected chi connectivity index (χ0v) is 16.3. The summed E-state index contributed by atoms with van der Waals surface area (Å²) >= 11 is 0. The normalized spacial score (nSPS) is 11.2. The Kier molecular flexibility index (Phi) is 7.05. The summed E-state index contributed by atoms with van der Waals surface area (Å²) in [6, 6.07) is 19.2. The Morgan fingerprint density at radius 3 is 2.30 bits per heavy atom. The number of methoxy groups -OCH3 is 1. The summed E-state index contributed by atoms with van der Waals surface area (Å²) in [5.41, 5.74) is 4.42. The molecule has 7 nitrogen and oxygen atoms in total. The molecule has 0 unspecified atom stereocenters. The van der Waals surface area contributed by atoms with Crippen molar-refractivity contribution >= 4 is 24.1 Å². The highest BCUT2D eigenvalue weighted by molar-refractivity contribution is 6.05. The first-order valence-electron chi connectivity index (χ1n) is 9.11. The van der Waals surface area contributed by atoms with Gasteiger partial charge in [0.15, 0.2) is 0 Å². The van der Waals surface area contributed by atoms with Gasteiger partial charge in [0.25, 0.3) is 11.8 Å². The lowest BCUT2D eigenvalue weighted by molar-refractivity contribution is -0.117. The van der Waals surface area contributed by atoms with Crippen molar-refractivity contribution in [2.24, 2.45) is 5.10 Å². The molecule has 0 aliphatic heterocycles. The van der Waals surface area contributed by atoms with Crippen molar-refractivity contribution < 1.29 is 14.3 Å². The van der Waals surface area contributed by atoms with E-state index in [1.165, 1.54) is 6.21 Å². The first kappa shape index (κ1) is 20.5. The molecule has 0 saturated heterocycles. The molecule has 2 N–H and O–H groups in total. The van der Waals surface area contributed by atoms with Gasteiger partial charge in [0.05, 0.1) is 13.3 Å². The van der Waals surface area contributed by atoms with Gasteiger partial charge in [-0.3, -0.25) is 14.6 Å². The van der Waals surface area contributed by atoms with E-state index < -0.39 is 11.8 Å². The number of hydrogen-bond acceptors (Lipinski definition) is 5. The van der Waals surface area contributed by atoms with E-state index >= 15 is 0 Å². The molecule has 30 heavy (non-hydrogen) atoms. The van der Waals surface area contributed by atoms with Gasteiger partial charge in [0.1, 0.15) is 11.4 Å². The summed E-state index contributed by atoms with van der Waals surface area (Å²) in [5, 5.41) is 6.60. The van der Waals surface area contributed by atoms with Crippen molar-refractivity contribution in [1.29, 1.82) is 0 Å². The standard InChI is InChI=1S/C23H20N4O3/c1-30-20-9-7-17(8-10-20)15-21(26-22(28)19-5-3-2-4-6-19)23(29)27-25-16-18-11-13-24-14-12-18/h2-16H,1H3,(H,26,28)(H,27,29)/b21-15-,25-16?. The van der Waals surface area contributed by atoms with Crippen molar-refractivity contribution in [3.05, 3.63) is 102 Å². The zero-order valence-electron chi connectivity index (χ0n) is 16.3. The number of aromatic nitrogens is 1. The summed E-state index contributed by atoms with van der Waals surface area (Å²) in [5.74, 6) is -0.266. The highest BCUT2D eigenvalue weighted by atomic mass is 16.5. The van der Waals surface area contributed by atoms with Crippen LogP contribution < -0.4 is 15.5 Å². The summed E-state index contributed by atoms with van der Waals surface area (Å²) in [6.07, 6.45) is 6.30. The van der Waals surface area contributed by atoms with Crippen LogP contribution in [-0.4, -0.2) is 30.1 Å². The van der Waals surface area contributed by atoms with Crippen LogP contribution in [0.3, 0.4) is 0 Å². The SMILES string of the molecule is COc1ccc(/C=C(\NC(=O)c2ccccc2)C(=O)NN=Cc2ccncc2)cc1. The third kappa shape index (κ3) is 5.87. The van der Waals surface area contributed by atoms with Crippen LogP contribution >= 0.6 is 0 Å². The van der Waals surface area contributed by atoms with Gasteiger partial charge in [-0.05, 0) is 53.6 Å². The fourth-order valence-electron chi connectivity index (χ4n) is 2.48. The highest BCUT2D eigenvalue weighted by Crippen LogP contribution is 2.14. The quantitative estimate of drug-likeness (QED) is 0.362. The van der Waals surface area contributed by atoms with Gasteiger partial charge in [0, 0.05) is 18.0 Å². The van der Waals surface area contributed by atoms with Crippen LogP contribution in [0.15, 0.2) is 89.9 Å². The van der Waals surface area contributed by atoms with E-state index in [9.17, 15) is 9.59 Å². The number of nitrogens with one attached hydrogen (secondary N) is 2. The van der Waals surface area contributed by atoms with Crippen LogP contribution in [0, 0.1) is 0 Å². The average molecular weight is 400 g/mol. The fraction of sp³-hybridized carbons (Fsp3) is 0.0435. The van der Waals surface area contributed by atoms with Crippen molar-refractivity contribution in [2.45, 2.75) is 0 Å². The zero-order chi connectivity index (χ0) is 21.2. The van der Waals surface area contributed by atoms with E-state index in [1.807, 2.05) is 6.07 Å². The maximum absolute atomic E-state index is 12.7. The summed E-state index contributed by atoms with van der Waals surface area (Å²) in [6.45, 7) is 0. The lowest BCUT2D eigenvalue weighted by Crippen LogP contribution is -2.32. The number of carbonyl (C=O) groups excluding carboxylic acids is 2. The molecule has 0 saturated carbocycles. The first-order valence-corrected chi connectivity index (χ1v) is 9.11. The van der Waals surface area contributed by atoms with Gasteiger partial charge in [0.2, 0.25) is 0 Å². The molecule has 2 amide bonds. The van der Waals surface area contributed by atoms with E-state index in [4.69, 9.17) is 4.74 Å². The smallest absolute Gasteiger partial charge is 0.287 e. The van der Waals surface area contributed by atoms with Gasteiger partial charge in [-0.15, -0.1) is 0 Å². The molecular weight excluding hydrogens is 380 g/mol. The third-order valence-electron chi connectivity index (χ3n) is 4.04. The molecule has 0 spiro atoms. The molecule has 0 radical (unpaired) electrons. The minimum absolute atomic E-state index is 0.0564. The summed E-state index contributed by atoms with van der Waals surface area (Å²) in [4.78, 5) is 29.2. The van der Waals surface area contributed by atoms with E-state index in [2.05, 4.69) is 20.8 Å². The van der Waals surface area contributed by atoms with Crippen LogP contribution in [0.2, 0.25) is 0 Å². The number of amides is 2. The molecule has 2 aromatic carbocycles. The Bertz CT molecular complexity index is 1050. The number of hydrazone groups is 1. The van der Waals surface area contributed by atoms with Gasteiger partial charge in [-0.25, -0.2) is 5.43 Å². The fourth-order valence-corrected chi connectivity index (χ4v) is 2.48. The predicted molar refractivity (Wildman–Crippen MR) is 115 cm³/mol. The molecule has 3 aromatic rings. The Hall–Kier alpha value is -4.26. The van der Waals surface area contributed by atoms with E-state index in [0.29, 0.717) is 16.9 Å². The second-order valence-corrected chi connectivity index (χ2v) is 6.13. The lowest BCUT2D eigenvalue weighted by atomic mass is 10.1. The van der Waals surface area contributed by atoms with Crippen molar-refractivity contribution in [3.8, 4) is 5.75 Å². The molecular formula is C23H20N4O3. The maximum atomic E-state index is 12.7. The molecule has 3 rings (SSSR count). The van der Waals surface area contributed by atoms with Crippen LogP contribution in [0.4, 0.5) is 0 Å². The molecule has 0 fully saturated rings. The molecule has 0 bridgehead atoms. The minimum atomic E-state index is -0.555. The minimum Gasteiger partial charge on any atom is -0.497 e. The Balaban J connectivity index is 1.80. The number of hydrogen-bond donors (Lipinski definition) is 2. The van der Waals surface area contributed by atoms with Gasteiger partial charge in [-0.1, -0.05) is 30.3 Å². The molecule has 0 atom stereocenters. The van der Waals surface area contributed by atoms with E-state index in [1.54, 1.807) is 86.2 Å². The predicted octanol–water partition coefficient (Wildman–Crippen LogP) is 3.01. The van der Waals surface area contributed by atoms with Gasteiger partial charge in [-0.2, -0.15) is 5.10 Å². The van der Waals surface area contributed by atoms with E-state index in [-0.39, 0.29) is 5.70 Å². The van der Waals surface area contributed by atoms with Crippen LogP contribution in [0.1, 0.15) is 21.5 Å². The van der Waals surface area contributed by atoms with E-state index in [0.717, 1.165) is 5.56 Å². The number of nitrogens with zero attached hydrogens (tertiary/aromatic N) is 2. The highest BCUT2D eigenvalue weighted by Gasteiger charge is 2.14. The number of benzene rings is 2. The third-order valence-corrected chi connectivity index (χ3v) is 4.04. The second-order valence-electron chi connectivity index (χ2n) is 6.13. The Morgan fingerprint density at radius 2 is 1.63 bits per heavy atom. The number of ether oxygens (including phenoxy) is 1. The largest absolute Gasteiger partial charge is 0.497 e. The number of pyridine rings is 1. The second kappa shape index (κ2) is 10.3. The molecule has 0 aliphatic rings. The van der Waals surface area contributed by atoms with Gasteiger partial charge < -0.3 is 10.1 Å². The molecule has 1 aromatic heterocycles. The topological polar surface area (TPSA) is 92.7 Å². The monoisotopic (exact) mass is 400 g/mol. The summed E-state index contributed by atoms with van der Waals surface area (Å²) < 4.78 is 5.15. The Morgan fingerprint density at radius 1 is 0.933 bits per heavy atom.